The molecule has 0 radical (unpaired) electrons. The molecule has 1 unspecified atom stereocenters. The number of carbonyl (C=O) groups excluding carboxylic acids is 2. The highest BCUT2D eigenvalue weighted by molar-refractivity contribution is 5.85. The van der Waals surface area contributed by atoms with Crippen molar-refractivity contribution in [3.8, 4) is 0 Å². The summed E-state index contributed by atoms with van der Waals surface area (Å²) in [6.45, 7) is 3.94. The van der Waals surface area contributed by atoms with Gasteiger partial charge in [0.2, 0.25) is 0 Å². The molecule has 0 aromatic carbocycles. The third kappa shape index (κ3) is 1.24. The van der Waals surface area contributed by atoms with Crippen LogP contribution >= 0.6 is 0 Å². The van der Waals surface area contributed by atoms with Crippen molar-refractivity contribution < 1.29 is 19.1 Å². The van der Waals surface area contributed by atoms with Crippen LogP contribution in [0.2, 0.25) is 0 Å². The van der Waals surface area contributed by atoms with E-state index in [0.29, 0.717) is 11.8 Å². The second kappa shape index (κ2) is 3.24. The van der Waals surface area contributed by atoms with E-state index in [0.717, 1.165) is 12.8 Å². The molecule has 4 nitrogen and oxygen atoms in total. The maximum absolute atomic E-state index is 12.1. The number of methoxy groups -OCH3 is 1. The molecule has 3 aliphatic rings. The highest BCUT2D eigenvalue weighted by Crippen LogP contribution is 2.63. The standard InChI is InChI=1S/C13H18O4/c1-13(2)10-6-4-5-7(10)9(12(15)17-13)8(6)11(14)16-3/h6-10H,4-5H2,1-3H3/t6-,7+,8?,9+,10+/m0/s1. The van der Waals surface area contributed by atoms with Crippen molar-refractivity contribution >= 4 is 11.9 Å². The average Bonchev–Trinajstić information content (AvgIpc) is 2.79. The quantitative estimate of drug-likeness (QED) is 0.648. The van der Waals surface area contributed by atoms with Crippen LogP contribution in [0.15, 0.2) is 0 Å². The number of esters is 2. The Hall–Kier alpha value is -1.06. The summed E-state index contributed by atoms with van der Waals surface area (Å²) >= 11 is 0. The van der Waals surface area contributed by atoms with Gasteiger partial charge >= 0.3 is 11.9 Å². The van der Waals surface area contributed by atoms with E-state index in [1.54, 1.807) is 0 Å². The molecule has 1 saturated heterocycles. The van der Waals surface area contributed by atoms with Crippen LogP contribution in [-0.2, 0) is 19.1 Å². The summed E-state index contributed by atoms with van der Waals surface area (Å²) in [6, 6.07) is 0. The van der Waals surface area contributed by atoms with Crippen LogP contribution in [0, 0.1) is 29.6 Å². The first-order valence-corrected chi connectivity index (χ1v) is 6.28. The van der Waals surface area contributed by atoms with E-state index in [1.165, 1.54) is 7.11 Å². The lowest BCUT2D eigenvalue weighted by atomic mass is 9.77. The van der Waals surface area contributed by atoms with Gasteiger partial charge in [0.1, 0.15) is 5.60 Å². The van der Waals surface area contributed by atoms with Gasteiger partial charge in [-0.1, -0.05) is 0 Å². The summed E-state index contributed by atoms with van der Waals surface area (Å²) < 4.78 is 10.4. The van der Waals surface area contributed by atoms with E-state index in [-0.39, 0.29) is 29.7 Å². The molecule has 2 saturated carbocycles. The summed E-state index contributed by atoms with van der Waals surface area (Å²) in [5.74, 6) is -0.0403. The molecule has 94 valence electrons. The van der Waals surface area contributed by atoms with Crippen LogP contribution in [0.5, 0.6) is 0 Å². The fourth-order valence-electron chi connectivity index (χ4n) is 4.61. The van der Waals surface area contributed by atoms with Gasteiger partial charge in [0.05, 0.1) is 18.9 Å². The van der Waals surface area contributed by atoms with Gasteiger partial charge < -0.3 is 9.47 Å². The van der Waals surface area contributed by atoms with E-state index in [9.17, 15) is 9.59 Å². The minimum atomic E-state index is -0.428. The van der Waals surface area contributed by atoms with Gasteiger partial charge in [-0.25, -0.2) is 0 Å². The zero-order valence-electron chi connectivity index (χ0n) is 10.4. The zero-order chi connectivity index (χ0) is 12.4. The Morgan fingerprint density at radius 3 is 2.65 bits per heavy atom. The number of hydrogen-bond acceptors (Lipinski definition) is 4. The molecule has 0 amide bonds. The summed E-state index contributed by atoms with van der Waals surface area (Å²) in [6.07, 6.45) is 2.07. The van der Waals surface area contributed by atoms with Crippen LogP contribution in [0.3, 0.4) is 0 Å². The molecule has 0 aromatic heterocycles. The molecule has 0 N–H and O–H groups in total. The number of carbonyl (C=O) groups is 2. The number of rotatable bonds is 1. The van der Waals surface area contributed by atoms with Crippen molar-refractivity contribution in [3.63, 3.8) is 0 Å². The summed E-state index contributed by atoms with van der Waals surface area (Å²) in [4.78, 5) is 23.9. The van der Waals surface area contributed by atoms with E-state index >= 15 is 0 Å². The maximum Gasteiger partial charge on any atom is 0.310 e. The first-order chi connectivity index (χ1) is 7.97. The summed E-state index contributed by atoms with van der Waals surface area (Å²) in [5, 5.41) is 0. The molecule has 17 heavy (non-hydrogen) atoms. The predicted octanol–water partition coefficient (Wildman–Crippen LogP) is 1.38. The van der Waals surface area contributed by atoms with Gasteiger partial charge in [-0.3, -0.25) is 9.59 Å². The Kier molecular flexibility index (Phi) is 2.11. The molecule has 4 heteroatoms. The van der Waals surface area contributed by atoms with Crippen LogP contribution in [-0.4, -0.2) is 24.6 Å². The smallest absolute Gasteiger partial charge is 0.310 e. The molecular formula is C13H18O4. The third-order valence-corrected chi connectivity index (χ3v) is 4.98. The monoisotopic (exact) mass is 238 g/mol. The lowest BCUT2D eigenvalue weighted by Gasteiger charge is -2.39. The molecule has 5 atom stereocenters. The first-order valence-electron chi connectivity index (χ1n) is 6.28. The molecule has 1 aliphatic heterocycles. The van der Waals surface area contributed by atoms with Crippen molar-refractivity contribution in [2.45, 2.75) is 32.3 Å². The predicted molar refractivity (Wildman–Crippen MR) is 58.9 cm³/mol. The Morgan fingerprint density at radius 1 is 1.35 bits per heavy atom. The van der Waals surface area contributed by atoms with Crippen molar-refractivity contribution in [3.05, 3.63) is 0 Å². The maximum atomic E-state index is 12.1. The van der Waals surface area contributed by atoms with E-state index in [4.69, 9.17) is 9.47 Å². The minimum Gasteiger partial charge on any atom is -0.469 e. The molecule has 0 aromatic rings. The van der Waals surface area contributed by atoms with Crippen molar-refractivity contribution in [1.29, 1.82) is 0 Å². The lowest BCUT2D eigenvalue weighted by Crippen LogP contribution is -2.46. The van der Waals surface area contributed by atoms with E-state index in [1.807, 2.05) is 13.8 Å². The molecule has 4 bridgehead atoms. The zero-order valence-corrected chi connectivity index (χ0v) is 10.4. The third-order valence-electron chi connectivity index (χ3n) is 4.98. The van der Waals surface area contributed by atoms with Gasteiger partial charge in [-0.05, 0) is 38.5 Å². The van der Waals surface area contributed by atoms with E-state index < -0.39 is 5.60 Å². The Bertz CT molecular complexity index is 387. The fraction of sp³-hybridized carbons (Fsp3) is 0.846. The van der Waals surface area contributed by atoms with Crippen molar-refractivity contribution in [2.24, 2.45) is 29.6 Å². The van der Waals surface area contributed by atoms with Crippen molar-refractivity contribution in [2.75, 3.05) is 7.11 Å². The average molecular weight is 238 g/mol. The summed E-state index contributed by atoms with van der Waals surface area (Å²) in [5.41, 5.74) is -0.428. The minimum absolute atomic E-state index is 0.200. The second-order valence-corrected chi connectivity index (χ2v) is 6.03. The molecule has 3 rings (SSSR count). The Morgan fingerprint density at radius 2 is 2.00 bits per heavy atom. The summed E-state index contributed by atoms with van der Waals surface area (Å²) in [7, 11) is 1.40. The molecule has 0 spiro atoms. The van der Waals surface area contributed by atoms with Gasteiger partial charge in [0.15, 0.2) is 0 Å². The molecular weight excluding hydrogens is 220 g/mol. The largest absolute Gasteiger partial charge is 0.469 e. The molecule has 3 fully saturated rings. The molecule has 2 aliphatic carbocycles. The van der Waals surface area contributed by atoms with Crippen LogP contribution in [0.1, 0.15) is 26.7 Å². The Balaban J connectivity index is 2.03. The SMILES string of the molecule is COC(=O)C1[C@@H]2CC[C@H]3[C@@H]2C(C)(C)OC(=O)[C@@H]13. The van der Waals surface area contributed by atoms with Crippen LogP contribution in [0.25, 0.3) is 0 Å². The fourth-order valence-corrected chi connectivity index (χ4v) is 4.61. The van der Waals surface area contributed by atoms with Crippen molar-refractivity contribution in [1.82, 2.24) is 0 Å². The van der Waals surface area contributed by atoms with Crippen LogP contribution in [0.4, 0.5) is 0 Å². The first kappa shape index (κ1) is 11.1. The number of cyclic esters (lactones) is 1. The van der Waals surface area contributed by atoms with E-state index in [2.05, 4.69) is 0 Å². The van der Waals surface area contributed by atoms with Crippen LogP contribution < -0.4 is 0 Å². The Labute approximate surface area is 101 Å². The van der Waals surface area contributed by atoms with Gasteiger partial charge in [-0.15, -0.1) is 0 Å². The lowest BCUT2D eigenvalue weighted by molar-refractivity contribution is -0.181. The van der Waals surface area contributed by atoms with Gasteiger partial charge in [0.25, 0.3) is 0 Å². The molecule has 1 heterocycles. The topological polar surface area (TPSA) is 52.6 Å². The normalized spacial score (nSPS) is 45.6. The second-order valence-electron chi connectivity index (χ2n) is 6.03. The van der Waals surface area contributed by atoms with Gasteiger partial charge in [-0.2, -0.15) is 0 Å². The van der Waals surface area contributed by atoms with Gasteiger partial charge in [0, 0.05) is 5.92 Å². The highest BCUT2D eigenvalue weighted by Gasteiger charge is 2.68. The number of ether oxygens (including phenoxy) is 2. The number of hydrogen-bond donors (Lipinski definition) is 0. The highest BCUT2D eigenvalue weighted by atomic mass is 16.6.